The Bertz CT molecular complexity index is 879. The number of hydrogen-bond acceptors (Lipinski definition) is 4. The van der Waals surface area contributed by atoms with Gasteiger partial charge in [0.25, 0.3) is 10.0 Å². The minimum Gasteiger partial charge on any atom is -0.280 e. The van der Waals surface area contributed by atoms with Gasteiger partial charge in [0.05, 0.1) is 9.79 Å². The smallest absolute Gasteiger partial charge is 0.261 e. The summed E-state index contributed by atoms with van der Waals surface area (Å²) in [7, 11) is -6.09. The van der Waals surface area contributed by atoms with Gasteiger partial charge in [-0.1, -0.05) is 22.0 Å². The van der Waals surface area contributed by atoms with Crippen LogP contribution in [-0.4, -0.2) is 23.9 Å². The number of halogens is 1. The Balaban J connectivity index is 2.31. The molecule has 22 heavy (non-hydrogen) atoms. The normalized spacial score (nSPS) is 12.1. The summed E-state index contributed by atoms with van der Waals surface area (Å²) < 4.78 is 53.0. The van der Waals surface area contributed by atoms with Crippen LogP contribution in [0.4, 0.5) is 5.69 Å². The lowest BCUT2D eigenvalue weighted by atomic mass is 10.3. The molecule has 0 aromatic heterocycles. The van der Waals surface area contributed by atoms with Crippen molar-refractivity contribution in [2.24, 2.45) is 0 Å². The van der Waals surface area contributed by atoms with E-state index in [-0.39, 0.29) is 9.79 Å². The summed E-state index contributed by atoms with van der Waals surface area (Å²) in [6.07, 6.45) is 0. The van der Waals surface area contributed by atoms with E-state index in [1.807, 2.05) is 0 Å². The first-order chi connectivity index (χ1) is 10.2. The maximum absolute atomic E-state index is 12.3. The molecule has 9 heteroatoms. The molecule has 2 aromatic rings. The number of sulfonamides is 2. The molecule has 0 amide bonds. The number of benzene rings is 2. The summed E-state index contributed by atoms with van der Waals surface area (Å²) in [6, 6.07) is 11.7. The lowest BCUT2D eigenvalue weighted by molar-refractivity contribution is 0.587. The molecular weight excluding hydrogens is 392 g/mol. The van der Waals surface area contributed by atoms with E-state index in [1.165, 1.54) is 31.3 Å². The Morgan fingerprint density at radius 1 is 0.864 bits per heavy atom. The van der Waals surface area contributed by atoms with Crippen LogP contribution in [0.3, 0.4) is 0 Å². The van der Waals surface area contributed by atoms with Crippen LogP contribution in [-0.2, 0) is 20.0 Å². The van der Waals surface area contributed by atoms with Crippen molar-refractivity contribution in [3.05, 3.63) is 53.0 Å². The zero-order valence-electron chi connectivity index (χ0n) is 11.4. The minimum absolute atomic E-state index is 0.00333. The molecule has 2 N–H and O–H groups in total. The lowest BCUT2D eigenvalue weighted by Crippen LogP contribution is -2.19. The first-order valence-electron chi connectivity index (χ1n) is 6.06. The van der Waals surface area contributed by atoms with Crippen LogP contribution in [0.1, 0.15) is 0 Å². The predicted octanol–water partition coefficient (Wildman–Crippen LogP) is 2.16. The molecule has 0 radical (unpaired) electrons. The molecule has 0 saturated heterocycles. The molecule has 0 bridgehead atoms. The van der Waals surface area contributed by atoms with Crippen molar-refractivity contribution in [1.82, 2.24) is 4.72 Å². The maximum atomic E-state index is 12.3. The highest BCUT2D eigenvalue weighted by Gasteiger charge is 2.17. The largest absolute Gasteiger partial charge is 0.280 e. The van der Waals surface area contributed by atoms with Gasteiger partial charge in [0, 0.05) is 10.2 Å². The van der Waals surface area contributed by atoms with Crippen molar-refractivity contribution in [2.45, 2.75) is 9.79 Å². The van der Waals surface area contributed by atoms with E-state index in [9.17, 15) is 16.8 Å². The Hall–Kier alpha value is -1.42. The van der Waals surface area contributed by atoms with Crippen molar-refractivity contribution < 1.29 is 16.8 Å². The summed E-state index contributed by atoms with van der Waals surface area (Å²) in [6.45, 7) is 0. The Morgan fingerprint density at radius 2 is 1.41 bits per heavy atom. The number of anilines is 1. The van der Waals surface area contributed by atoms with Crippen LogP contribution < -0.4 is 9.44 Å². The van der Waals surface area contributed by atoms with Crippen molar-refractivity contribution in [3.63, 3.8) is 0 Å². The van der Waals surface area contributed by atoms with Gasteiger partial charge >= 0.3 is 0 Å². The first kappa shape index (κ1) is 16.9. The van der Waals surface area contributed by atoms with Gasteiger partial charge in [-0.3, -0.25) is 4.72 Å². The molecule has 0 aliphatic carbocycles. The molecule has 2 rings (SSSR count). The van der Waals surface area contributed by atoms with E-state index in [0.717, 1.165) is 4.47 Å². The SMILES string of the molecule is CNS(=O)(=O)c1ccc(S(=O)(=O)Nc2cccc(Br)c2)cc1. The standard InChI is InChI=1S/C13H13BrN2O4S2/c1-15-21(17,18)12-5-7-13(8-6-12)22(19,20)16-11-4-2-3-10(14)9-11/h2-9,15-16H,1H3. The monoisotopic (exact) mass is 404 g/mol. The fourth-order valence-corrected chi connectivity index (χ4v) is 3.86. The minimum atomic E-state index is -3.79. The summed E-state index contributed by atoms with van der Waals surface area (Å²) in [4.78, 5) is -0.0288. The molecule has 0 aliphatic heterocycles. The molecule has 0 saturated carbocycles. The second kappa shape index (κ2) is 6.37. The Kier molecular flexibility index (Phi) is 4.90. The zero-order chi connectivity index (χ0) is 16.4. The van der Waals surface area contributed by atoms with Crippen LogP contribution in [0, 0.1) is 0 Å². The fraction of sp³-hybridized carbons (Fsp3) is 0.0769. The quantitative estimate of drug-likeness (QED) is 0.798. The highest BCUT2D eigenvalue weighted by molar-refractivity contribution is 9.10. The summed E-state index contributed by atoms with van der Waals surface area (Å²) in [5.74, 6) is 0. The predicted molar refractivity (Wildman–Crippen MR) is 87.6 cm³/mol. The van der Waals surface area contributed by atoms with Gasteiger partial charge in [0.2, 0.25) is 10.0 Å². The summed E-state index contributed by atoms with van der Waals surface area (Å²) in [5, 5.41) is 0. The van der Waals surface area contributed by atoms with Crippen molar-refractivity contribution in [2.75, 3.05) is 11.8 Å². The van der Waals surface area contributed by atoms with Crippen LogP contribution >= 0.6 is 15.9 Å². The van der Waals surface area contributed by atoms with E-state index in [0.29, 0.717) is 5.69 Å². The van der Waals surface area contributed by atoms with Crippen LogP contribution in [0.5, 0.6) is 0 Å². The summed E-state index contributed by atoms with van der Waals surface area (Å²) in [5.41, 5.74) is 0.404. The molecule has 0 unspecified atom stereocenters. The first-order valence-corrected chi connectivity index (χ1v) is 9.82. The second-order valence-corrected chi connectivity index (χ2v) is 8.78. The van der Waals surface area contributed by atoms with Gasteiger partial charge in [-0.05, 0) is 49.5 Å². The molecule has 0 spiro atoms. The van der Waals surface area contributed by atoms with E-state index >= 15 is 0 Å². The third-order valence-electron chi connectivity index (χ3n) is 2.79. The Morgan fingerprint density at radius 3 is 1.91 bits per heavy atom. The second-order valence-electron chi connectivity index (χ2n) is 4.29. The molecule has 118 valence electrons. The molecule has 6 nitrogen and oxygen atoms in total. The zero-order valence-corrected chi connectivity index (χ0v) is 14.7. The van der Waals surface area contributed by atoms with Crippen LogP contribution in [0.25, 0.3) is 0 Å². The third-order valence-corrected chi connectivity index (χ3v) is 6.11. The molecular formula is C13H13BrN2O4S2. The molecule has 0 heterocycles. The van der Waals surface area contributed by atoms with Gasteiger partial charge in [0.15, 0.2) is 0 Å². The molecule has 0 fully saturated rings. The number of hydrogen-bond donors (Lipinski definition) is 2. The fourth-order valence-electron chi connectivity index (χ4n) is 1.68. The van der Waals surface area contributed by atoms with E-state index in [4.69, 9.17) is 0 Å². The van der Waals surface area contributed by atoms with E-state index in [1.54, 1.807) is 24.3 Å². The Labute approximate surface area is 137 Å². The van der Waals surface area contributed by atoms with Gasteiger partial charge in [0.1, 0.15) is 0 Å². The van der Waals surface area contributed by atoms with Crippen molar-refractivity contribution in [3.8, 4) is 0 Å². The van der Waals surface area contributed by atoms with Crippen molar-refractivity contribution >= 4 is 41.7 Å². The molecule has 0 atom stereocenters. The van der Waals surface area contributed by atoms with Gasteiger partial charge < -0.3 is 0 Å². The van der Waals surface area contributed by atoms with E-state index in [2.05, 4.69) is 25.4 Å². The maximum Gasteiger partial charge on any atom is 0.261 e. The van der Waals surface area contributed by atoms with Gasteiger partial charge in [-0.2, -0.15) is 0 Å². The summed E-state index contributed by atoms with van der Waals surface area (Å²) >= 11 is 3.26. The molecule has 0 aliphatic rings. The molecule has 2 aromatic carbocycles. The van der Waals surface area contributed by atoms with Crippen LogP contribution in [0.15, 0.2) is 62.8 Å². The average Bonchev–Trinajstić information content (AvgIpc) is 2.47. The third kappa shape index (κ3) is 3.86. The van der Waals surface area contributed by atoms with Gasteiger partial charge in [-0.15, -0.1) is 0 Å². The number of nitrogens with one attached hydrogen (secondary N) is 2. The highest BCUT2D eigenvalue weighted by atomic mass is 79.9. The topological polar surface area (TPSA) is 92.3 Å². The highest BCUT2D eigenvalue weighted by Crippen LogP contribution is 2.20. The lowest BCUT2D eigenvalue weighted by Gasteiger charge is -2.09. The van der Waals surface area contributed by atoms with Gasteiger partial charge in [-0.25, -0.2) is 21.6 Å². The average molecular weight is 405 g/mol. The van der Waals surface area contributed by atoms with Crippen LogP contribution in [0.2, 0.25) is 0 Å². The number of rotatable bonds is 5. The van der Waals surface area contributed by atoms with E-state index < -0.39 is 20.0 Å². The van der Waals surface area contributed by atoms with Crippen molar-refractivity contribution in [1.29, 1.82) is 0 Å².